The van der Waals surface area contributed by atoms with Gasteiger partial charge in [-0.3, -0.25) is 9.36 Å². The van der Waals surface area contributed by atoms with Crippen molar-refractivity contribution in [1.29, 1.82) is 0 Å². The monoisotopic (exact) mass is 397 g/mol. The lowest BCUT2D eigenvalue weighted by atomic mass is 10.0. The maximum Gasteiger partial charge on any atom is 0.320 e. The number of nitrogens with zero attached hydrogens (tertiary/aromatic N) is 2. The second kappa shape index (κ2) is 7.31. The van der Waals surface area contributed by atoms with Crippen LogP contribution >= 0.6 is 0 Å². The van der Waals surface area contributed by atoms with Crippen molar-refractivity contribution in [2.45, 2.75) is 39.8 Å². The molecule has 0 fully saturated rings. The number of nitrogens with one attached hydrogen (secondary N) is 1. The molecule has 2 heterocycles. The highest BCUT2D eigenvalue weighted by atomic mass is 19.3. The Hall–Kier alpha value is -3.22. The number of benzene rings is 2. The fraction of sp³-hybridized carbons (Fsp3) is 0.273. The third-order valence-electron chi connectivity index (χ3n) is 5.20. The zero-order valence-corrected chi connectivity index (χ0v) is 16.4. The molecule has 0 aliphatic carbocycles. The molecule has 0 aliphatic rings. The number of furan rings is 1. The first-order valence-electron chi connectivity index (χ1n) is 9.37. The number of amides is 1. The smallest absolute Gasteiger partial charge is 0.320 e. The van der Waals surface area contributed by atoms with Crippen molar-refractivity contribution in [3.8, 4) is 0 Å². The SMILES string of the molecule is Cc1cc2occ(CC(=O)NC(C)c3nc4ccccc4n3C(F)F)c2cc1C. The summed E-state index contributed by atoms with van der Waals surface area (Å²) >= 11 is 0. The van der Waals surface area contributed by atoms with Crippen molar-refractivity contribution >= 4 is 27.9 Å². The van der Waals surface area contributed by atoms with E-state index in [9.17, 15) is 13.6 Å². The van der Waals surface area contributed by atoms with Gasteiger partial charge in [0.05, 0.1) is 29.8 Å². The summed E-state index contributed by atoms with van der Waals surface area (Å²) in [4.78, 5) is 16.9. The van der Waals surface area contributed by atoms with Crippen LogP contribution in [0.3, 0.4) is 0 Å². The lowest BCUT2D eigenvalue weighted by Crippen LogP contribution is -2.30. The van der Waals surface area contributed by atoms with Gasteiger partial charge in [-0.1, -0.05) is 12.1 Å². The van der Waals surface area contributed by atoms with Crippen LogP contribution in [-0.2, 0) is 11.2 Å². The van der Waals surface area contributed by atoms with Gasteiger partial charge in [0.2, 0.25) is 5.91 Å². The molecule has 1 unspecified atom stereocenters. The van der Waals surface area contributed by atoms with Crippen molar-refractivity contribution in [2.75, 3.05) is 0 Å². The normalized spacial score (nSPS) is 12.8. The third-order valence-corrected chi connectivity index (χ3v) is 5.20. The molecular formula is C22H21F2N3O2. The van der Waals surface area contributed by atoms with Gasteiger partial charge in [-0.05, 0) is 56.2 Å². The largest absolute Gasteiger partial charge is 0.464 e. The number of para-hydroxylation sites is 2. The molecule has 4 rings (SSSR count). The van der Waals surface area contributed by atoms with E-state index in [0.29, 0.717) is 11.0 Å². The van der Waals surface area contributed by atoms with Gasteiger partial charge in [0, 0.05) is 10.9 Å². The summed E-state index contributed by atoms with van der Waals surface area (Å²) in [6.45, 7) is 2.91. The Morgan fingerprint density at radius 2 is 1.93 bits per heavy atom. The number of imidazole rings is 1. The average molecular weight is 397 g/mol. The third kappa shape index (κ3) is 3.48. The number of aromatic nitrogens is 2. The molecule has 0 bridgehead atoms. The van der Waals surface area contributed by atoms with Crippen LogP contribution in [0.1, 0.15) is 42.0 Å². The lowest BCUT2D eigenvalue weighted by Gasteiger charge is -2.15. The minimum Gasteiger partial charge on any atom is -0.464 e. The Morgan fingerprint density at radius 1 is 1.21 bits per heavy atom. The zero-order chi connectivity index (χ0) is 20.7. The first-order chi connectivity index (χ1) is 13.8. The van der Waals surface area contributed by atoms with Gasteiger partial charge >= 0.3 is 6.55 Å². The molecule has 150 valence electrons. The van der Waals surface area contributed by atoms with E-state index in [1.807, 2.05) is 26.0 Å². The van der Waals surface area contributed by atoms with Crippen molar-refractivity contribution in [2.24, 2.45) is 0 Å². The second-order valence-electron chi connectivity index (χ2n) is 7.27. The topological polar surface area (TPSA) is 60.1 Å². The van der Waals surface area contributed by atoms with Crippen LogP contribution < -0.4 is 5.32 Å². The summed E-state index contributed by atoms with van der Waals surface area (Å²) in [7, 11) is 0. The van der Waals surface area contributed by atoms with Crippen LogP contribution in [-0.4, -0.2) is 15.5 Å². The summed E-state index contributed by atoms with van der Waals surface area (Å²) in [5.74, 6) is -0.163. The molecule has 4 aromatic rings. The quantitative estimate of drug-likeness (QED) is 0.503. The number of aryl methyl sites for hydroxylation is 2. The zero-order valence-electron chi connectivity index (χ0n) is 16.4. The predicted octanol–water partition coefficient (Wildman–Crippen LogP) is 5.21. The Kier molecular flexibility index (Phi) is 4.82. The molecule has 1 atom stereocenters. The van der Waals surface area contributed by atoms with Gasteiger partial charge in [0.1, 0.15) is 11.4 Å². The maximum absolute atomic E-state index is 13.6. The molecule has 0 saturated heterocycles. The van der Waals surface area contributed by atoms with Crippen LogP contribution in [0.4, 0.5) is 8.78 Å². The van der Waals surface area contributed by atoms with Crippen LogP contribution in [0.15, 0.2) is 47.1 Å². The van der Waals surface area contributed by atoms with E-state index in [4.69, 9.17) is 4.42 Å². The number of fused-ring (bicyclic) bond motifs is 2. The van der Waals surface area contributed by atoms with Crippen LogP contribution in [0, 0.1) is 13.8 Å². The first kappa shape index (κ1) is 19.1. The van der Waals surface area contributed by atoms with E-state index < -0.39 is 12.6 Å². The van der Waals surface area contributed by atoms with E-state index in [2.05, 4.69) is 10.3 Å². The fourth-order valence-corrected chi connectivity index (χ4v) is 3.58. The van der Waals surface area contributed by atoms with Crippen molar-refractivity contribution in [3.63, 3.8) is 0 Å². The summed E-state index contributed by atoms with van der Waals surface area (Å²) in [6.07, 6.45) is 1.66. The summed E-state index contributed by atoms with van der Waals surface area (Å²) in [5.41, 5.74) is 4.52. The Morgan fingerprint density at radius 3 is 2.69 bits per heavy atom. The van der Waals surface area contributed by atoms with Crippen molar-refractivity contribution in [3.05, 3.63) is 65.2 Å². The predicted molar refractivity (Wildman–Crippen MR) is 107 cm³/mol. The highest BCUT2D eigenvalue weighted by Crippen LogP contribution is 2.28. The van der Waals surface area contributed by atoms with Gasteiger partial charge in [-0.25, -0.2) is 4.98 Å². The molecule has 2 aromatic heterocycles. The fourth-order valence-electron chi connectivity index (χ4n) is 3.58. The molecule has 29 heavy (non-hydrogen) atoms. The van der Waals surface area contributed by atoms with E-state index in [0.717, 1.165) is 32.2 Å². The van der Waals surface area contributed by atoms with Crippen LogP contribution in [0.2, 0.25) is 0 Å². The molecule has 0 saturated carbocycles. The van der Waals surface area contributed by atoms with E-state index >= 15 is 0 Å². The highest BCUT2D eigenvalue weighted by molar-refractivity contribution is 5.88. The molecule has 2 aromatic carbocycles. The number of rotatable bonds is 5. The second-order valence-corrected chi connectivity index (χ2v) is 7.27. The van der Waals surface area contributed by atoms with E-state index in [1.165, 1.54) is 0 Å². The molecule has 1 N–H and O–H groups in total. The maximum atomic E-state index is 13.6. The van der Waals surface area contributed by atoms with Gasteiger partial charge in [0.15, 0.2) is 0 Å². The molecule has 7 heteroatoms. The van der Waals surface area contributed by atoms with Gasteiger partial charge < -0.3 is 9.73 Å². The molecular weight excluding hydrogens is 376 g/mol. The van der Waals surface area contributed by atoms with Gasteiger partial charge in [-0.15, -0.1) is 0 Å². The average Bonchev–Trinajstić information content (AvgIpc) is 3.24. The molecule has 0 radical (unpaired) electrons. The minimum atomic E-state index is -2.75. The molecule has 5 nitrogen and oxygen atoms in total. The Labute approximate surface area is 166 Å². The van der Waals surface area contributed by atoms with Crippen molar-refractivity contribution in [1.82, 2.24) is 14.9 Å². The van der Waals surface area contributed by atoms with Crippen LogP contribution in [0.5, 0.6) is 0 Å². The summed E-state index contributed by atoms with van der Waals surface area (Å²) < 4.78 is 33.7. The Bertz CT molecular complexity index is 1210. The molecule has 0 aliphatic heterocycles. The number of halogens is 2. The minimum absolute atomic E-state index is 0.0920. The molecule has 1 amide bonds. The van der Waals surface area contributed by atoms with Crippen molar-refractivity contribution < 1.29 is 18.0 Å². The number of alkyl halides is 2. The summed E-state index contributed by atoms with van der Waals surface area (Å²) in [5, 5.41) is 3.67. The standard InChI is InChI=1S/C22H21F2N3O2/c1-12-8-16-15(11-29-19(16)9-13(12)2)10-20(28)25-14(3)21-26-17-6-4-5-7-18(17)27(21)22(23)24/h4-9,11,14,22H,10H2,1-3H3,(H,25,28). The number of carbonyl (C=O) groups is 1. The number of hydrogen-bond donors (Lipinski definition) is 1. The Balaban J connectivity index is 1.57. The molecule has 0 spiro atoms. The number of hydrogen-bond acceptors (Lipinski definition) is 3. The lowest BCUT2D eigenvalue weighted by molar-refractivity contribution is -0.121. The van der Waals surface area contributed by atoms with E-state index in [-0.39, 0.29) is 18.2 Å². The van der Waals surface area contributed by atoms with Gasteiger partial charge in [-0.2, -0.15) is 8.78 Å². The summed E-state index contributed by atoms with van der Waals surface area (Å²) in [6, 6.07) is 9.96. The van der Waals surface area contributed by atoms with E-state index in [1.54, 1.807) is 37.5 Å². The first-order valence-corrected chi connectivity index (χ1v) is 9.37. The highest BCUT2D eigenvalue weighted by Gasteiger charge is 2.23. The van der Waals surface area contributed by atoms with Crippen LogP contribution in [0.25, 0.3) is 22.0 Å². The van der Waals surface area contributed by atoms with Gasteiger partial charge in [0.25, 0.3) is 0 Å². The number of carbonyl (C=O) groups excluding carboxylic acids is 1.